The molecule has 2 rings (SSSR count). The minimum atomic E-state index is -0.330. The molecule has 2 aromatic rings. The Hall–Kier alpha value is -1.63. The number of anilines is 1. The van der Waals surface area contributed by atoms with Gasteiger partial charge in [0, 0.05) is 12.2 Å². The van der Waals surface area contributed by atoms with Crippen molar-refractivity contribution in [2.75, 3.05) is 18.5 Å². The predicted octanol–water partition coefficient (Wildman–Crippen LogP) is 4.53. The Labute approximate surface area is 154 Å². The Morgan fingerprint density at radius 2 is 1.74 bits per heavy atom. The first-order valence-corrected chi connectivity index (χ1v) is 7.50. The van der Waals surface area contributed by atoms with Gasteiger partial charge in [0.2, 0.25) is 0 Å². The van der Waals surface area contributed by atoms with Crippen molar-refractivity contribution < 1.29 is 4.39 Å². The summed E-state index contributed by atoms with van der Waals surface area (Å²) in [6.45, 7) is 2.87. The van der Waals surface area contributed by atoms with E-state index in [0.717, 1.165) is 11.3 Å². The second kappa shape index (κ2) is 11.0. The van der Waals surface area contributed by atoms with Gasteiger partial charge in [-0.25, -0.2) is 4.99 Å². The van der Waals surface area contributed by atoms with Crippen LogP contribution in [0.1, 0.15) is 17.5 Å². The van der Waals surface area contributed by atoms with E-state index in [-0.39, 0.29) is 30.7 Å². The molecule has 124 valence electrons. The van der Waals surface area contributed by atoms with Crippen LogP contribution in [-0.2, 0) is 6.54 Å². The summed E-state index contributed by atoms with van der Waals surface area (Å²) in [4.78, 5) is 4.56. The number of hydrogen-bond donors (Lipinski definition) is 2. The second-order valence-corrected chi connectivity index (χ2v) is 5.11. The lowest BCUT2D eigenvalue weighted by molar-refractivity contribution is 0.471. The summed E-state index contributed by atoms with van der Waals surface area (Å²) < 4.78 is 12.3. The van der Waals surface area contributed by atoms with Crippen molar-refractivity contribution in [3.05, 3.63) is 65.7 Å². The third kappa shape index (κ3) is 7.45. The van der Waals surface area contributed by atoms with Crippen LogP contribution in [0.25, 0.3) is 0 Å². The standard InChI is InChI=1S/C18H22FN3.HI/c1-15-8-10-16(11-9-15)14-21-18(20-13-5-12-19)22-17-6-3-2-4-7-17;/h2-4,6-11H,5,12-14H2,1H3,(H2,20,21,22);1H. The second-order valence-electron chi connectivity index (χ2n) is 5.11. The van der Waals surface area contributed by atoms with E-state index in [1.807, 2.05) is 30.3 Å². The van der Waals surface area contributed by atoms with Gasteiger partial charge in [-0.1, -0.05) is 48.0 Å². The number of nitrogens with one attached hydrogen (secondary N) is 2. The number of aryl methyl sites for hydroxylation is 1. The van der Waals surface area contributed by atoms with Crippen LogP contribution in [0.3, 0.4) is 0 Å². The van der Waals surface area contributed by atoms with E-state index in [2.05, 4.69) is 46.8 Å². The summed E-state index contributed by atoms with van der Waals surface area (Å²) in [5.41, 5.74) is 3.33. The molecule has 0 aromatic heterocycles. The molecule has 0 bridgehead atoms. The summed E-state index contributed by atoms with van der Waals surface area (Å²) in [6.07, 6.45) is 0.472. The molecule has 23 heavy (non-hydrogen) atoms. The molecule has 0 saturated carbocycles. The van der Waals surface area contributed by atoms with Crippen molar-refractivity contribution in [3.8, 4) is 0 Å². The van der Waals surface area contributed by atoms with Crippen LogP contribution in [-0.4, -0.2) is 19.2 Å². The topological polar surface area (TPSA) is 36.4 Å². The zero-order valence-corrected chi connectivity index (χ0v) is 15.6. The Morgan fingerprint density at radius 1 is 1.04 bits per heavy atom. The minimum absolute atomic E-state index is 0. The van der Waals surface area contributed by atoms with Gasteiger partial charge in [-0.05, 0) is 31.0 Å². The maximum absolute atomic E-state index is 12.3. The number of aliphatic imine (C=N–C) groups is 1. The van der Waals surface area contributed by atoms with Crippen molar-refractivity contribution in [2.45, 2.75) is 19.9 Å². The molecule has 0 aliphatic heterocycles. The minimum Gasteiger partial charge on any atom is -0.356 e. The van der Waals surface area contributed by atoms with Gasteiger partial charge in [-0.15, -0.1) is 24.0 Å². The van der Waals surface area contributed by atoms with E-state index >= 15 is 0 Å². The number of alkyl halides is 1. The molecule has 2 N–H and O–H groups in total. The van der Waals surface area contributed by atoms with Gasteiger partial charge in [-0.2, -0.15) is 0 Å². The normalized spacial score (nSPS) is 10.8. The number of nitrogens with zero attached hydrogens (tertiary/aromatic N) is 1. The molecule has 0 atom stereocenters. The van der Waals surface area contributed by atoms with Gasteiger partial charge >= 0.3 is 0 Å². The van der Waals surface area contributed by atoms with Crippen LogP contribution >= 0.6 is 24.0 Å². The Balaban J connectivity index is 0.00000264. The largest absolute Gasteiger partial charge is 0.356 e. The number of para-hydroxylation sites is 1. The van der Waals surface area contributed by atoms with E-state index in [1.54, 1.807) is 0 Å². The molecule has 0 aliphatic carbocycles. The molecule has 0 amide bonds. The quantitative estimate of drug-likeness (QED) is 0.308. The molecule has 0 fully saturated rings. The molecular formula is C18H23FIN3. The van der Waals surface area contributed by atoms with Gasteiger partial charge in [0.05, 0.1) is 13.2 Å². The summed E-state index contributed by atoms with van der Waals surface area (Å²) in [5, 5.41) is 6.39. The summed E-state index contributed by atoms with van der Waals surface area (Å²) in [7, 11) is 0. The van der Waals surface area contributed by atoms with E-state index in [1.165, 1.54) is 5.56 Å². The Morgan fingerprint density at radius 3 is 2.39 bits per heavy atom. The van der Waals surface area contributed by atoms with Crippen LogP contribution in [0.15, 0.2) is 59.6 Å². The highest BCUT2D eigenvalue weighted by Gasteiger charge is 2.00. The van der Waals surface area contributed by atoms with Gasteiger partial charge < -0.3 is 10.6 Å². The van der Waals surface area contributed by atoms with Crippen molar-refractivity contribution in [1.29, 1.82) is 0 Å². The lowest BCUT2D eigenvalue weighted by Crippen LogP contribution is -2.31. The first-order chi connectivity index (χ1) is 10.8. The molecule has 0 heterocycles. The lowest BCUT2D eigenvalue weighted by Gasteiger charge is -2.12. The van der Waals surface area contributed by atoms with Crippen molar-refractivity contribution in [3.63, 3.8) is 0 Å². The first kappa shape index (κ1) is 19.4. The Kier molecular flexibility index (Phi) is 9.28. The molecule has 2 aromatic carbocycles. The van der Waals surface area contributed by atoms with E-state index in [0.29, 0.717) is 25.5 Å². The first-order valence-electron chi connectivity index (χ1n) is 7.50. The SMILES string of the molecule is Cc1ccc(CN=C(NCCCF)Nc2ccccc2)cc1.I. The summed E-state index contributed by atoms with van der Waals surface area (Å²) >= 11 is 0. The summed E-state index contributed by atoms with van der Waals surface area (Å²) in [5.74, 6) is 0.667. The van der Waals surface area contributed by atoms with Crippen LogP contribution in [0.5, 0.6) is 0 Å². The Bertz CT molecular complexity index is 585. The van der Waals surface area contributed by atoms with Gasteiger partial charge in [0.15, 0.2) is 5.96 Å². The van der Waals surface area contributed by atoms with Crippen LogP contribution in [0.2, 0.25) is 0 Å². The molecule has 0 unspecified atom stereocenters. The molecule has 5 heteroatoms. The van der Waals surface area contributed by atoms with E-state index in [4.69, 9.17) is 0 Å². The maximum atomic E-state index is 12.3. The number of halogens is 2. The van der Waals surface area contributed by atoms with Crippen molar-refractivity contribution in [1.82, 2.24) is 5.32 Å². The molecule has 0 spiro atoms. The monoisotopic (exact) mass is 427 g/mol. The fraction of sp³-hybridized carbons (Fsp3) is 0.278. The summed E-state index contributed by atoms with van der Waals surface area (Å²) in [6, 6.07) is 18.1. The smallest absolute Gasteiger partial charge is 0.196 e. The van der Waals surface area contributed by atoms with Crippen LogP contribution in [0, 0.1) is 6.92 Å². The predicted molar refractivity (Wildman–Crippen MR) is 106 cm³/mol. The average molecular weight is 427 g/mol. The van der Waals surface area contributed by atoms with Gasteiger partial charge in [0.1, 0.15) is 0 Å². The third-order valence-electron chi connectivity index (χ3n) is 3.18. The average Bonchev–Trinajstić information content (AvgIpc) is 2.55. The van der Waals surface area contributed by atoms with Crippen molar-refractivity contribution >= 4 is 35.6 Å². The fourth-order valence-electron chi connectivity index (χ4n) is 1.94. The van der Waals surface area contributed by atoms with Gasteiger partial charge in [-0.3, -0.25) is 4.39 Å². The van der Waals surface area contributed by atoms with E-state index in [9.17, 15) is 4.39 Å². The third-order valence-corrected chi connectivity index (χ3v) is 3.18. The number of hydrogen-bond acceptors (Lipinski definition) is 1. The highest BCUT2D eigenvalue weighted by molar-refractivity contribution is 14.0. The van der Waals surface area contributed by atoms with Crippen LogP contribution in [0.4, 0.5) is 10.1 Å². The lowest BCUT2D eigenvalue weighted by atomic mass is 10.1. The highest BCUT2D eigenvalue weighted by atomic mass is 127. The molecule has 0 saturated heterocycles. The number of benzene rings is 2. The van der Waals surface area contributed by atoms with Gasteiger partial charge in [0.25, 0.3) is 0 Å². The van der Waals surface area contributed by atoms with E-state index < -0.39 is 0 Å². The molecule has 0 aliphatic rings. The number of guanidine groups is 1. The molecular weight excluding hydrogens is 404 g/mol. The fourth-order valence-corrected chi connectivity index (χ4v) is 1.94. The highest BCUT2D eigenvalue weighted by Crippen LogP contribution is 2.07. The zero-order valence-electron chi connectivity index (χ0n) is 13.3. The molecule has 3 nitrogen and oxygen atoms in total. The van der Waals surface area contributed by atoms with Crippen LogP contribution < -0.4 is 10.6 Å². The molecule has 0 radical (unpaired) electrons. The van der Waals surface area contributed by atoms with Crippen molar-refractivity contribution in [2.24, 2.45) is 4.99 Å². The number of rotatable bonds is 6. The maximum Gasteiger partial charge on any atom is 0.196 e. The zero-order chi connectivity index (χ0) is 15.6.